The molecule has 1 N–H and O–H groups in total. The molecule has 1 aliphatic rings. The number of carbonyl (C=O) groups excluding carboxylic acids is 4. The van der Waals surface area contributed by atoms with Crippen LogP contribution in [0.2, 0.25) is 0 Å². The number of imide groups is 1. The molecule has 7 nitrogen and oxygen atoms in total. The van der Waals surface area contributed by atoms with Crippen molar-refractivity contribution < 1.29 is 23.9 Å². The van der Waals surface area contributed by atoms with Crippen molar-refractivity contribution in [3.63, 3.8) is 0 Å². The number of rotatable bonds is 6. The van der Waals surface area contributed by atoms with E-state index in [1.807, 2.05) is 42.5 Å². The summed E-state index contributed by atoms with van der Waals surface area (Å²) in [7, 11) is 1.33. The number of hydrogen-bond acceptors (Lipinski definition) is 5. The number of anilines is 2. The molecule has 7 heteroatoms. The summed E-state index contributed by atoms with van der Waals surface area (Å²) < 4.78 is 4.66. The molecule has 0 saturated carbocycles. The zero-order chi connectivity index (χ0) is 25.9. The van der Waals surface area contributed by atoms with E-state index in [0.717, 1.165) is 21.6 Å². The summed E-state index contributed by atoms with van der Waals surface area (Å²) in [5, 5.41) is 2.78. The van der Waals surface area contributed by atoms with Gasteiger partial charge >= 0.3 is 5.97 Å². The first kappa shape index (κ1) is 23.7. The number of amides is 3. The Hall–Kier alpha value is -5.04. The lowest BCUT2D eigenvalue weighted by Crippen LogP contribution is -2.29. The van der Waals surface area contributed by atoms with Crippen molar-refractivity contribution in [2.45, 2.75) is 6.42 Å². The Bertz CT molecular complexity index is 1530. The smallest absolute Gasteiger partial charge is 0.309 e. The summed E-state index contributed by atoms with van der Waals surface area (Å²) in [6.07, 6.45) is 0.135. The van der Waals surface area contributed by atoms with Gasteiger partial charge in [-0.15, -0.1) is 0 Å². The predicted octanol–water partition coefficient (Wildman–Crippen LogP) is 5.12. The van der Waals surface area contributed by atoms with E-state index in [1.54, 1.807) is 36.4 Å². The van der Waals surface area contributed by atoms with Gasteiger partial charge in [-0.3, -0.25) is 19.2 Å². The second kappa shape index (κ2) is 9.91. The van der Waals surface area contributed by atoms with E-state index in [2.05, 4.69) is 10.1 Å². The standard InChI is InChI=1S/C30H22N2O5/c1-37-27(33)17-19-11-14-22(15-12-19)31-28(34)21-13-16-24-25(18-21)30(36)32(29(24)35)26-10-6-5-9-23(26)20-7-3-2-4-8-20/h2-16,18H,17H2,1H3,(H,31,34). The summed E-state index contributed by atoms with van der Waals surface area (Å²) in [5.41, 5.74) is 4.07. The molecule has 182 valence electrons. The molecule has 37 heavy (non-hydrogen) atoms. The molecule has 0 aromatic heterocycles. The number of methoxy groups -OCH3 is 1. The third kappa shape index (κ3) is 4.62. The summed E-state index contributed by atoms with van der Waals surface area (Å²) in [4.78, 5) is 52.2. The summed E-state index contributed by atoms with van der Waals surface area (Å²) in [6, 6.07) is 28.0. The molecule has 0 aliphatic carbocycles. The van der Waals surface area contributed by atoms with Crippen molar-refractivity contribution in [2.24, 2.45) is 0 Å². The molecular weight excluding hydrogens is 468 g/mol. The lowest BCUT2D eigenvalue weighted by atomic mass is 10.0. The van der Waals surface area contributed by atoms with Gasteiger partial charge in [0, 0.05) is 16.8 Å². The van der Waals surface area contributed by atoms with E-state index in [-0.39, 0.29) is 29.1 Å². The quantitative estimate of drug-likeness (QED) is 0.299. The van der Waals surface area contributed by atoms with Crippen LogP contribution >= 0.6 is 0 Å². The van der Waals surface area contributed by atoms with Crippen molar-refractivity contribution in [1.29, 1.82) is 0 Å². The minimum Gasteiger partial charge on any atom is -0.469 e. The number of carbonyl (C=O) groups is 4. The molecule has 4 aromatic rings. The highest BCUT2D eigenvalue weighted by molar-refractivity contribution is 6.35. The normalized spacial score (nSPS) is 12.3. The van der Waals surface area contributed by atoms with Crippen molar-refractivity contribution in [2.75, 3.05) is 17.3 Å². The molecule has 0 radical (unpaired) electrons. The second-order valence-corrected chi connectivity index (χ2v) is 8.49. The summed E-state index contributed by atoms with van der Waals surface area (Å²) >= 11 is 0. The van der Waals surface area contributed by atoms with Crippen LogP contribution in [-0.2, 0) is 16.0 Å². The van der Waals surface area contributed by atoms with Crippen LogP contribution < -0.4 is 10.2 Å². The number of nitrogens with one attached hydrogen (secondary N) is 1. The van der Waals surface area contributed by atoms with Crippen molar-refractivity contribution in [3.8, 4) is 11.1 Å². The molecule has 0 saturated heterocycles. The number of hydrogen-bond donors (Lipinski definition) is 1. The number of ether oxygens (including phenoxy) is 1. The molecule has 0 bridgehead atoms. The highest BCUT2D eigenvalue weighted by atomic mass is 16.5. The average Bonchev–Trinajstić information content (AvgIpc) is 3.19. The van der Waals surface area contributed by atoms with Crippen LogP contribution in [0.15, 0.2) is 97.1 Å². The van der Waals surface area contributed by atoms with Crippen LogP contribution in [0.25, 0.3) is 11.1 Å². The maximum Gasteiger partial charge on any atom is 0.309 e. The highest BCUT2D eigenvalue weighted by Gasteiger charge is 2.38. The highest BCUT2D eigenvalue weighted by Crippen LogP contribution is 2.36. The molecule has 1 heterocycles. The first-order valence-electron chi connectivity index (χ1n) is 11.6. The molecule has 0 fully saturated rings. The Morgan fingerprint density at radius 2 is 1.43 bits per heavy atom. The van der Waals surface area contributed by atoms with Gasteiger partial charge in [0.1, 0.15) is 0 Å². The molecule has 1 aliphatic heterocycles. The third-order valence-electron chi connectivity index (χ3n) is 6.17. The minimum atomic E-state index is -0.481. The number of esters is 1. The zero-order valence-corrected chi connectivity index (χ0v) is 19.9. The molecule has 5 rings (SSSR count). The monoisotopic (exact) mass is 490 g/mol. The zero-order valence-electron chi connectivity index (χ0n) is 19.9. The van der Waals surface area contributed by atoms with E-state index in [1.165, 1.54) is 25.3 Å². The fraction of sp³-hybridized carbons (Fsp3) is 0.0667. The fourth-order valence-corrected chi connectivity index (χ4v) is 4.28. The Morgan fingerprint density at radius 1 is 0.757 bits per heavy atom. The summed E-state index contributed by atoms with van der Waals surface area (Å²) in [6.45, 7) is 0. The van der Waals surface area contributed by atoms with Crippen LogP contribution in [-0.4, -0.2) is 30.8 Å². The maximum atomic E-state index is 13.4. The maximum absolute atomic E-state index is 13.4. The third-order valence-corrected chi connectivity index (χ3v) is 6.17. The molecular formula is C30H22N2O5. The van der Waals surface area contributed by atoms with Crippen molar-refractivity contribution in [3.05, 3.63) is 119 Å². The molecule has 0 atom stereocenters. The molecule has 3 amide bonds. The SMILES string of the molecule is COC(=O)Cc1ccc(NC(=O)c2ccc3c(c2)C(=O)N(c2ccccc2-c2ccccc2)C3=O)cc1. The largest absolute Gasteiger partial charge is 0.469 e. The summed E-state index contributed by atoms with van der Waals surface area (Å²) in [5.74, 6) is -1.69. The lowest BCUT2D eigenvalue weighted by molar-refractivity contribution is -0.139. The first-order chi connectivity index (χ1) is 18.0. The minimum absolute atomic E-state index is 0.135. The predicted molar refractivity (Wildman–Crippen MR) is 140 cm³/mol. The van der Waals surface area contributed by atoms with E-state index in [0.29, 0.717) is 11.4 Å². The van der Waals surface area contributed by atoms with Crippen LogP contribution in [0.1, 0.15) is 36.6 Å². The second-order valence-electron chi connectivity index (χ2n) is 8.49. The van der Waals surface area contributed by atoms with Gasteiger partial charge in [-0.1, -0.05) is 60.7 Å². The van der Waals surface area contributed by atoms with Gasteiger partial charge in [0.2, 0.25) is 0 Å². The number of para-hydroxylation sites is 1. The molecule has 4 aromatic carbocycles. The van der Waals surface area contributed by atoms with Crippen molar-refractivity contribution in [1.82, 2.24) is 0 Å². The Morgan fingerprint density at radius 3 is 2.16 bits per heavy atom. The van der Waals surface area contributed by atoms with Gasteiger partial charge < -0.3 is 10.1 Å². The lowest BCUT2D eigenvalue weighted by Gasteiger charge is -2.18. The Kier molecular flexibility index (Phi) is 6.34. The average molecular weight is 491 g/mol. The van der Waals surface area contributed by atoms with Crippen molar-refractivity contribution >= 4 is 35.1 Å². The molecule has 0 unspecified atom stereocenters. The topological polar surface area (TPSA) is 92.8 Å². The van der Waals surface area contributed by atoms with E-state index in [4.69, 9.17) is 0 Å². The van der Waals surface area contributed by atoms with Gasteiger partial charge in [0.15, 0.2) is 0 Å². The van der Waals surface area contributed by atoms with Crippen LogP contribution in [0, 0.1) is 0 Å². The van der Waals surface area contributed by atoms with E-state index < -0.39 is 17.7 Å². The number of benzene rings is 4. The van der Waals surface area contributed by atoms with Gasteiger partial charge in [-0.2, -0.15) is 0 Å². The van der Waals surface area contributed by atoms with Gasteiger partial charge in [0.25, 0.3) is 17.7 Å². The van der Waals surface area contributed by atoms with Gasteiger partial charge in [-0.25, -0.2) is 4.90 Å². The Labute approximate surface area is 213 Å². The van der Waals surface area contributed by atoms with E-state index >= 15 is 0 Å². The number of fused-ring (bicyclic) bond motifs is 1. The van der Waals surface area contributed by atoms with Gasteiger partial charge in [0.05, 0.1) is 30.3 Å². The Balaban J connectivity index is 1.39. The fourth-order valence-electron chi connectivity index (χ4n) is 4.28. The van der Waals surface area contributed by atoms with Crippen LogP contribution in [0.5, 0.6) is 0 Å². The van der Waals surface area contributed by atoms with E-state index in [9.17, 15) is 19.2 Å². The van der Waals surface area contributed by atoms with Crippen LogP contribution in [0.4, 0.5) is 11.4 Å². The number of nitrogens with zero attached hydrogens (tertiary/aromatic N) is 1. The molecule has 0 spiro atoms. The van der Waals surface area contributed by atoms with Crippen LogP contribution in [0.3, 0.4) is 0 Å². The van der Waals surface area contributed by atoms with Gasteiger partial charge in [-0.05, 0) is 47.5 Å². The first-order valence-corrected chi connectivity index (χ1v) is 11.6.